The molecule has 0 saturated carbocycles. The summed E-state index contributed by atoms with van der Waals surface area (Å²) in [6.45, 7) is 3.53. The Balaban J connectivity index is 1.69. The first-order chi connectivity index (χ1) is 11.7. The van der Waals surface area contributed by atoms with E-state index in [0.717, 1.165) is 43.1 Å². The number of ether oxygens (including phenoxy) is 1. The Morgan fingerprint density at radius 1 is 1.00 bits per heavy atom. The van der Waals surface area contributed by atoms with Crippen LogP contribution in [0.4, 0.5) is 17.1 Å². The van der Waals surface area contributed by atoms with Crippen LogP contribution in [-0.4, -0.2) is 19.1 Å². The van der Waals surface area contributed by atoms with E-state index in [4.69, 9.17) is 4.74 Å². The monoisotopic (exact) mass is 324 g/mol. The van der Waals surface area contributed by atoms with Crippen molar-refractivity contribution in [3.63, 3.8) is 0 Å². The highest BCUT2D eigenvalue weighted by molar-refractivity contribution is 5.96. The predicted molar refractivity (Wildman–Crippen MR) is 97.5 cm³/mol. The van der Waals surface area contributed by atoms with Gasteiger partial charge in [0.15, 0.2) is 0 Å². The number of rotatable bonds is 5. The number of carbonyl (C=O) groups excluding carboxylic acids is 1. The van der Waals surface area contributed by atoms with Gasteiger partial charge >= 0.3 is 0 Å². The van der Waals surface area contributed by atoms with Crippen LogP contribution < -0.4 is 10.6 Å². The summed E-state index contributed by atoms with van der Waals surface area (Å²) in [5, 5.41) is 6.45. The number of hydrogen-bond acceptors (Lipinski definition) is 3. The first-order valence-electron chi connectivity index (χ1n) is 8.54. The number of benzene rings is 2. The van der Waals surface area contributed by atoms with Gasteiger partial charge in [-0.2, -0.15) is 0 Å². The lowest BCUT2D eigenvalue weighted by Crippen LogP contribution is -2.31. The Labute approximate surface area is 143 Å². The maximum Gasteiger partial charge on any atom is 0.227 e. The number of hydrogen-bond donors (Lipinski definition) is 2. The van der Waals surface area contributed by atoms with Crippen LogP contribution >= 0.6 is 0 Å². The average molecular weight is 324 g/mol. The van der Waals surface area contributed by atoms with Crippen LogP contribution in [0.2, 0.25) is 0 Å². The van der Waals surface area contributed by atoms with Gasteiger partial charge in [-0.15, -0.1) is 0 Å². The van der Waals surface area contributed by atoms with Crippen LogP contribution in [-0.2, 0) is 9.53 Å². The molecule has 1 heterocycles. The number of amides is 1. The quantitative estimate of drug-likeness (QED) is 0.855. The van der Waals surface area contributed by atoms with E-state index in [1.807, 2.05) is 61.5 Å². The first kappa shape index (κ1) is 16.5. The molecule has 2 aromatic rings. The average Bonchev–Trinajstić information content (AvgIpc) is 2.64. The van der Waals surface area contributed by atoms with Crippen molar-refractivity contribution < 1.29 is 9.53 Å². The number of anilines is 3. The van der Waals surface area contributed by atoms with Gasteiger partial charge < -0.3 is 15.4 Å². The van der Waals surface area contributed by atoms with Crippen molar-refractivity contribution in [3.8, 4) is 0 Å². The molecule has 0 aromatic heterocycles. The topological polar surface area (TPSA) is 50.4 Å². The van der Waals surface area contributed by atoms with Gasteiger partial charge in [0, 0.05) is 24.8 Å². The van der Waals surface area contributed by atoms with E-state index >= 15 is 0 Å². The van der Waals surface area contributed by atoms with Gasteiger partial charge in [-0.1, -0.05) is 37.3 Å². The van der Waals surface area contributed by atoms with Gasteiger partial charge in [0.1, 0.15) is 0 Å². The number of para-hydroxylation sites is 3. The van der Waals surface area contributed by atoms with Crippen LogP contribution in [0.1, 0.15) is 19.8 Å². The molecule has 1 atom stereocenters. The second kappa shape index (κ2) is 7.97. The van der Waals surface area contributed by atoms with Gasteiger partial charge in [0.05, 0.1) is 11.4 Å². The van der Waals surface area contributed by atoms with Crippen LogP contribution in [0.25, 0.3) is 0 Å². The van der Waals surface area contributed by atoms with Crippen LogP contribution in [0.5, 0.6) is 0 Å². The molecule has 2 aromatic carbocycles. The standard InChI is InChI=1S/C20H24N2O2/c1-15(16-11-13-24-14-12-16)20(23)22-19-10-6-5-9-18(19)21-17-7-3-2-4-8-17/h2-10,15-16,21H,11-14H2,1H3,(H,22,23). The van der Waals surface area contributed by atoms with E-state index in [9.17, 15) is 4.79 Å². The normalized spacial score (nSPS) is 16.4. The summed E-state index contributed by atoms with van der Waals surface area (Å²) in [7, 11) is 0. The molecule has 1 aliphatic rings. The van der Waals surface area contributed by atoms with Crippen molar-refractivity contribution in [1.29, 1.82) is 0 Å². The molecule has 0 aliphatic carbocycles. The lowest BCUT2D eigenvalue weighted by Gasteiger charge is -2.27. The van der Waals surface area contributed by atoms with Gasteiger partial charge in [-0.25, -0.2) is 0 Å². The highest BCUT2D eigenvalue weighted by Crippen LogP contribution is 2.28. The second-order valence-corrected chi connectivity index (χ2v) is 6.26. The highest BCUT2D eigenvalue weighted by atomic mass is 16.5. The fourth-order valence-electron chi connectivity index (χ4n) is 3.05. The van der Waals surface area contributed by atoms with Crippen molar-refractivity contribution in [2.45, 2.75) is 19.8 Å². The van der Waals surface area contributed by atoms with E-state index in [-0.39, 0.29) is 11.8 Å². The minimum Gasteiger partial charge on any atom is -0.381 e. The molecule has 1 amide bonds. The largest absolute Gasteiger partial charge is 0.381 e. The molecule has 0 spiro atoms. The summed E-state index contributed by atoms with van der Waals surface area (Å²) in [6, 6.07) is 17.8. The van der Waals surface area contributed by atoms with Crippen LogP contribution in [0.15, 0.2) is 54.6 Å². The molecular formula is C20H24N2O2. The third kappa shape index (κ3) is 4.15. The minimum absolute atomic E-state index is 0.0151. The van der Waals surface area contributed by atoms with E-state index in [1.54, 1.807) is 0 Å². The lowest BCUT2D eigenvalue weighted by atomic mass is 9.86. The molecule has 24 heavy (non-hydrogen) atoms. The van der Waals surface area contributed by atoms with E-state index in [0.29, 0.717) is 5.92 Å². The van der Waals surface area contributed by atoms with Gasteiger partial charge in [-0.3, -0.25) is 4.79 Å². The molecular weight excluding hydrogens is 300 g/mol. The summed E-state index contributed by atoms with van der Waals surface area (Å²) >= 11 is 0. The SMILES string of the molecule is CC(C(=O)Nc1ccccc1Nc1ccccc1)C1CCOCC1. The zero-order chi connectivity index (χ0) is 16.8. The van der Waals surface area contributed by atoms with E-state index in [1.165, 1.54) is 0 Å². The van der Waals surface area contributed by atoms with Crippen molar-refractivity contribution in [1.82, 2.24) is 0 Å². The Hall–Kier alpha value is -2.33. The molecule has 1 aliphatic heterocycles. The Morgan fingerprint density at radius 3 is 2.33 bits per heavy atom. The molecule has 4 nitrogen and oxygen atoms in total. The lowest BCUT2D eigenvalue weighted by molar-refractivity contribution is -0.122. The summed E-state index contributed by atoms with van der Waals surface area (Å²) in [5.74, 6) is 0.455. The number of carbonyl (C=O) groups is 1. The predicted octanol–water partition coefficient (Wildman–Crippen LogP) is 4.43. The molecule has 126 valence electrons. The Kier molecular flexibility index (Phi) is 5.49. The van der Waals surface area contributed by atoms with Crippen LogP contribution in [0.3, 0.4) is 0 Å². The molecule has 0 bridgehead atoms. The van der Waals surface area contributed by atoms with E-state index < -0.39 is 0 Å². The minimum atomic E-state index is -0.0151. The van der Waals surface area contributed by atoms with Crippen molar-refractivity contribution in [2.24, 2.45) is 11.8 Å². The third-order valence-corrected chi connectivity index (χ3v) is 4.62. The summed E-state index contributed by atoms with van der Waals surface area (Å²) < 4.78 is 5.39. The molecule has 1 saturated heterocycles. The molecule has 0 radical (unpaired) electrons. The smallest absolute Gasteiger partial charge is 0.227 e. The molecule has 1 fully saturated rings. The summed E-state index contributed by atoms with van der Waals surface area (Å²) in [6.07, 6.45) is 1.91. The van der Waals surface area contributed by atoms with Crippen LogP contribution in [0, 0.1) is 11.8 Å². The van der Waals surface area contributed by atoms with Crippen molar-refractivity contribution >= 4 is 23.0 Å². The van der Waals surface area contributed by atoms with E-state index in [2.05, 4.69) is 10.6 Å². The Morgan fingerprint density at radius 2 is 1.62 bits per heavy atom. The second-order valence-electron chi connectivity index (χ2n) is 6.26. The molecule has 2 N–H and O–H groups in total. The zero-order valence-corrected chi connectivity index (χ0v) is 14.0. The van der Waals surface area contributed by atoms with Crippen molar-refractivity contribution in [3.05, 3.63) is 54.6 Å². The van der Waals surface area contributed by atoms with Gasteiger partial charge in [0.2, 0.25) is 5.91 Å². The Bertz CT molecular complexity index is 666. The molecule has 4 heteroatoms. The maximum absolute atomic E-state index is 12.6. The van der Waals surface area contributed by atoms with Crippen molar-refractivity contribution in [2.75, 3.05) is 23.8 Å². The maximum atomic E-state index is 12.6. The number of nitrogens with one attached hydrogen (secondary N) is 2. The van der Waals surface area contributed by atoms with Gasteiger partial charge in [0.25, 0.3) is 0 Å². The fourth-order valence-corrected chi connectivity index (χ4v) is 3.05. The summed E-state index contributed by atoms with van der Waals surface area (Å²) in [5.41, 5.74) is 2.71. The third-order valence-electron chi connectivity index (χ3n) is 4.62. The van der Waals surface area contributed by atoms with Gasteiger partial charge in [-0.05, 0) is 43.0 Å². The fraction of sp³-hybridized carbons (Fsp3) is 0.350. The highest BCUT2D eigenvalue weighted by Gasteiger charge is 2.26. The zero-order valence-electron chi connectivity index (χ0n) is 14.0. The molecule has 3 rings (SSSR count). The summed E-state index contributed by atoms with van der Waals surface area (Å²) in [4.78, 5) is 12.6. The first-order valence-corrected chi connectivity index (χ1v) is 8.54. The molecule has 1 unspecified atom stereocenters.